The van der Waals surface area contributed by atoms with Gasteiger partial charge in [-0.2, -0.15) is 35.1 Å². The molecule has 0 bridgehead atoms. The first-order chi connectivity index (χ1) is 10.1. The standard InChI is InChI=1S/C10H8Cl4F8O2/c1-4(2-5(23,7(11,15)16)8(12,17)18)3-6(24,9(13,19)20)10(14,21)22/h2,23-24H,3H2,1H3. The van der Waals surface area contributed by atoms with Gasteiger partial charge in [-0.25, -0.2) is 0 Å². The molecule has 24 heavy (non-hydrogen) atoms. The zero-order valence-corrected chi connectivity index (χ0v) is 14.2. The maximum atomic E-state index is 13.0. The Hall–Kier alpha value is 0.260. The molecule has 0 fully saturated rings. The Bertz CT molecular complexity index is 461. The van der Waals surface area contributed by atoms with Crippen molar-refractivity contribution >= 4 is 46.4 Å². The number of alkyl halides is 12. The molecule has 14 heteroatoms. The average Bonchev–Trinajstić information content (AvgIpc) is 2.21. The molecule has 2 nitrogen and oxygen atoms in total. The third-order valence-electron chi connectivity index (χ3n) is 2.79. The summed E-state index contributed by atoms with van der Waals surface area (Å²) < 4.78 is 104. The van der Waals surface area contributed by atoms with Crippen molar-refractivity contribution in [2.24, 2.45) is 0 Å². The van der Waals surface area contributed by atoms with Crippen LogP contribution in [0.5, 0.6) is 0 Å². The van der Waals surface area contributed by atoms with E-state index in [-0.39, 0.29) is 0 Å². The molecule has 0 heterocycles. The minimum atomic E-state index is -5.15. The van der Waals surface area contributed by atoms with E-state index in [0.717, 1.165) is 0 Å². The van der Waals surface area contributed by atoms with Crippen LogP contribution in [0.15, 0.2) is 11.6 Å². The smallest absolute Gasteiger partial charge is 0.360 e. The molecule has 0 saturated carbocycles. The van der Waals surface area contributed by atoms with Crippen molar-refractivity contribution < 1.29 is 45.3 Å². The quantitative estimate of drug-likeness (QED) is 0.319. The van der Waals surface area contributed by atoms with E-state index in [1.807, 2.05) is 0 Å². The van der Waals surface area contributed by atoms with Crippen molar-refractivity contribution in [3.63, 3.8) is 0 Å². The van der Waals surface area contributed by atoms with Crippen molar-refractivity contribution in [1.82, 2.24) is 0 Å². The molecule has 2 N–H and O–H groups in total. The second-order valence-corrected chi connectivity index (χ2v) is 6.68. The summed E-state index contributed by atoms with van der Waals surface area (Å²) in [4.78, 5) is 0. The van der Waals surface area contributed by atoms with E-state index in [0.29, 0.717) is 6.92 Å². The molecule has 0 amide bonds. The summed E-state index contributed by atoms with van der Waals surface area (Å²) in [6.07, 6.45) is -2.55. The van der Waals surface area contributed by atoms with Gasteiger partial charge in [0.1, 0.15) is 0 Å². The number of aliphatic hydroxyl groups is 2. The summed E-state index contributed by atoms with van der Waals surface area (Å²) in [6, 6.07) is 0. The fourth-order valence-corrected chi connectivity index (χ4v) is 2.31. The van der Waals surface area contributed by atoms with Crippen molar-refractivity contribution in [2.75, 3.05) is 0 Å². The monoisotopic (exact) mass is 452 g/mol. The van der Waals surface area contributed by atoms with E-state index in [9.17, 15) is 45.3 Å². The summed E-state index contributed by atoms with van der Waals surface area (Å²) >= 11 is 17.3. The van der Waals surface area contributed by atoms with E-state index in [2.05, 4.69) is 46.4 Å². The van der Waals surface area contributed by atoms with Crippen LogP contribution in [0.25, 0.3) is 0 Å². The molecule has 0 aliphatic heterocycles. The first-order valence-electron chi connectivity index (χ1n) is 5.50. The SMILES string of the molecule is CC(=CC(O)(C(F)(F)Cl)C(F)(F)Cl)CC(O)(C(F)(F)Cl)C(F)(F)Cl. The number of hydrogen-bond acceptors (Lipinski definition) is 2. The van der Waals surface area contributed by atoms with Gasteiger partial charge < -0.3 is 10.2 Å². The largest absolute Gasteiger partial charge is 0.376 e. The molecule has 0 rings (SSSR count). The molecule has 144 valence electrons. The second-order valence-electron chi connectivity index (χ2n) is 4.79. The summed E-state index contributed by atoms with van der Waals surface area (Å²) in [7, 11) is 0. The lowest BCUT2D eigenvalue weighted by Gasteiger charge is -2.36. The summed E-state index contributed by atoms with van der Waals surface area (Å²) in [5, 5.41) is -1.90. The molecule has 0 aromatic carbocycles. The van der Waals surface area contributed by atoms with Crippen LogP contribution < -0.4 is 0 Å². The Morgan fingerprint density at radius 3 is 1.25 bits per heavy atom. The van der Waals surface area contributed by atoms with Crippen LogP contribution in [0.3, 0.4) is 0 Å². The van der Waals surface area contributed by atoms with Crippen LogP contribution in [0.1, 0.15) is 13.3 Å². The lowest BCUT2D eigenvalue weighted by atomic mass is 9.91. The minimum Gasteiger partial charge on any atom is -0.376 e. The third-order valence-corrected chi connectivity index (χ3v) is 3.99. The van der Waals surface area contributed by atoms with Crippen molar-refractivity contribution in [1.29, 1.82) is 0 Å². The van der Waals surface area contributed by atoms with Crippen LogP contribution in [-0.2, 0) is 0 Å². The Morgan fingerprint density at radius 1 is 0.750 bits per heavy atom. The fourth-order valence-electron chi connectivity index (χ4n) is 1.50. The van der Waals surface area contributed by atoms with Crippen LogP contribution in [0, 0.1) is 0 Å². The van der Waals surface area contributed by atoms with Gasteiger partial charge in [0.05, 0.1) is 0 Å². The zero-order chi connectivity index (χ0) is 20.0. The molecule has 0 aliphatic carbocycles. The molecule has 0 aliphatic rings. The Kier molecular flexibility index (Phi) is 6.84. The Labute approximate surface area is 149 Å². The second kappa shape index (κ2) is 6.77. The van der Waals surface area contributed by atoms with Gasteiger partial charge in [0.2, 0.25) is 11.2 Å². The summed E-state index contributed by atoms with van der Waals surface area (Å²) in [5.41, 5.74) is -10.5. The van der Waals surface area contributed by atoms with E-state index in [1.165, 1.54) is 0 Å². The number of hydrogen-bond donors (Lipinski definition) is 2. The van der Waals surface area contributed by atoms with Crippen LogP contribution in [-0.4, -0.2) is 42.9 Å². The zero-order valence-electron chi connectivity index (χ0n) is 11.2. The molecule has 0 spiro atoms. The first-order valence-corrected chi connectivity index (χ1v) is 7.01. The van der Waals surface area contributed by atoms with Gasteiger partial charge in [-0.3, -0.25) is 0 Å². The topological polar surface area (TPSA) is 40.5 Å². The maximum Gasteiger partial charge on any atom is 0.360 e. The fraction of sp³-hybridized carbons (Fsp3) is 0.800. The van der Waals surface area contributed by atoms with Crippen molar-refractivity contribution in [2.45, 2.75) is 46.1 Å². The molecule has 0 aromatic heterocycles. The predicted octanol–water partition coefficient (Wildman–Crippen LogP) is 5.11. The molecule has 0 aromatic rings. The van der Waals surface area contributed by atoms with Crippen molar-refractivity contribution in [3.8, 4) is 0 Å². The van der Waals surface area contributed by atoms with E-state index in [4.69, 9.17) is 0 Å². The van der Waals surface area contributed by atoms with Gasteiger partial charge in [0.15, 0.2) is 0 Å². The van der Waals surface area contributed by atoms with Gasteiger partial charge >= 0.3 is 21.5 Å². The van der Waals surface area contributed by atoms with Gasteiger partial charge in [0.25, 0.3) is 0 Å². The number of rotatable bonds is 7. The van der Waals surface area contributed by atoms with Gasteiger partial charge in [-0.15, -0.1) is 0 Å². The Morgan fingerprint density at radius 2 is 1.04 bits per heavy atom. The Balaban J connectivity index is 6.09. The molecule has 0 saturated heterocycles. The van der Waals surface area contributed by atoms with E-state index < -0.39 is 50.8 Å². The molecular weight excluding hydrogens is 446 g/mol. The normalized spacial score (nSPS) is 16.5. The highest BCUT2D eigenvalue weighted by Gasteiger charge is 2.68. The lowest BCUT2D eigenvalue weighted by Crippen LogP contribution is -2.57. The molecular formula is C10H8Cl4F8O2. The van der Waals surface area contributed by atoms with Crippen LogP contribution in [0.4, 0.5) is 35.1 Å². The third kappa shape index (κ3) is 4.70. The summed E-state index contributed by atoms with van der Waals surface area (Å²) in [5.74, 6) is 0. The van der Waals surface area contributed by atoms with Crippen molar-refractivity contribution in [3.05, 3.63) is 11.6 Å². The molecule has 0 atom stereocenters. The maximum absolute atomic E-state index is 13.0. The van der Waals surface area contributed by atoms with Crippen LogP contribution >= 0.6 is 46.4 Å². The highest BCUT2D eigenvalue weighted by Crippen LogP contribution is 2.51. The highest BCUT2D eigenvalue weighted by molar-refractivity contribution is 6.27. The van der Waals surface area contributed by atoms with E-state index in [1.54, 1.807) is 0 Å². The lowest BCUT2D eigenvalue weighted by molar-refractivity contribution is -0.216. The average molecular weight is 454 g/mol. The highest BCUT2D eigenvalue weighted by atomic mass is 35.5. The van der Waals surface area contributed by atoms with Gasteiger partial charge in [-0.1, -0.05) is 5.57 Å². The predicted molar refractivity (Wildman–Crippen MR) is 71.5 cm³/mol. The summed E-state index contributed by atoms with van der Waals surface area (Å²) in [6.45, 7) is 0.465. The molecule has 0 unspecified atom stereocenters. The van der Waals surface area contributed by atoms with Gasteiger partial charge in [0, 0.05) is 6.42 Å². The van der Waals surface area contributed by atoms with Crippen LogP contribution in [0.2, 0.25) is 0 Å². The van der Waals surface area contributed by atoms with Gasteiger partial charge in [-0.05, 0) is 59.4 Å². The first kappa shape index (κ1) is 24.3. The van der Waals surface area contributed by atoms with E-state index >= 15 is 0 Å². The molecule has 0 radical (unpaired) electrons. The number of halogens is 12. The minimum absolute atomic E-state index is 0.465.